The zero-order chi connectivity index (χ0) is 19.4. The number of ether oxygens (including phenoxy) is 1. The van der Waals surface area contributed by atoms with Gasteiger partial charge < -0.3 is 15.0 Å². The second kappa shape index (κ2) is 8.45. The van der Waals surface area contributed by atoms with Gasteiger partial charge in [-0.3, -0.25) is 14.3 Å². The Balaban J connectivity index is 1.42. The maximum Gasteiger partial charge on any atom is 0.244 e. The number of carbonyl (C=O) groups is 2. The van der Waals surface area contributed by atoms with Gasteiger partial charge in [0.15, 0.2) is 5.82 Å². The van der Waals surface area contributed by atoms with E-state index < -0.39 is 5.41 Å². The molecule has 0 aromatic carbocycles. The standard InChI is InChI=1S/C20H26N4O3S/c25-18(23-10-12-27-13-11-23)15-24-9-6-17(22-24)21-19(26)20(7-2-1-3-8-20)16-5-4-14-28-16/h4-6,9,14H,1-3,7-8,10-13,15H2,(H,21,22,26). The normalized spacial score (nSPS) is 19.4. The number of thiophene rings is 1. The van der Waals surface area contributed by atoms with Crippen LogP contribution in [0.2, 0.25) is 0 Å². The van der Waals surface area contributed by atoms with Gasteiger partial charge in [-0.2, -0.15) is 5.10 Å². The van der Waals surface area contributed by atoms with Crippen LogP contribution < -0.4 is 5.32 Å². The van der Waals surface area contributed by atoms with Crippen LogP contribution in [0.4, 0.5) is 5.82 Å². The van der Waals surface area contributed by atoms with E-state index in [9.17, 15) is 9.59 Å². The molecular weight excluding hydrogens is 376 g/mol. The van der Waals surface area contributed by atoms with Gasteiger partial charge in [-0.1, -0.05) is 25.3 Å². The van der Waals surface area contributed by atoms with Crippen molar-refractivity contribution in [1.29, 1.82) is 0 Å². The van der Waals surface area contributed by atoms with Crippen molar-refractivity contribution < 1.29 is 14.3 Å². The Morgan fingerprint density at radius 1 is 1.18 bits per heavy atom. The van der Waals surface area contributed by atoms with Gasteiger partial charge in [0.25, 0.3) is 0 Å². The molecule has 0 unspecified atom stereocenters. The monoisotopic (exact) mass is 402 g/mol. The molecule has 1 saturated heterocycles. The van der Waals surface area contributed by atoms with Crippen LogP contribution in [0.5, 0.6) is 0 Å². The highest BCUT2D eigenvalue weighted by Crippen LogP contribution is 2.42. The predicted octanol–water partition coefficient (Wildman–Crippen LogP) is 2.64. The summed E-state index contributed by atoms with van der Waals surface area (Å²) in [7, 11) is 0. The van der Waals surface area contributed by atoms with E-state index in [2.05, 4.69) is 16.5 Å². The summed E-state index contributed by atoms with van der Waals surface area (Å²) in [6.07, 6.45) is 6.79. The van der Waals surface area contributed by atoms with Crippen molar-refractivity contribution in [3.05, 3.63) is 34.7 Å². The van der Waals surface area contributed by atoms with Crippen molar-refractivity contribution in [2.45, 2.75) is 44.1 Å². The summed E-state index contributed by atoms with van der Waals surface area (Å²) in [5.74, 6) is 0.535. The van der Waals surface area contributed by atoms with Crippen LogP contribution in [0.1, 0.15) is 37.0 Å². The van der Waals surface area contributed by atoms with Crippen molar-refractivity contribution in [3.63, 3.8) is 0 Å². The maximum atomic E-state index is 13.2. The number of rotatable bonds is 5. The van der Waals surface area contributed by atoms with E-state index in [0.717, 1.165) is 30.6 Å². The number of morpholine rings is 1. The first-order valence-corrected chi connectivity index (χ1v) is 10.8. The molecule has 1 N–H and O–H groups in total. The highest BCUT2D eigenvalue weighted by molar-refractivity contribution is 7.10. The summed E-state index contributed by atoms with van der Waals surface area (Å²) in [6.45, 7) is 2.57. The average Bonchev–Trinajstić information content (AvgIpc) is 3.42. The lowest BCUT2D eigenvalue weighted by atomic mass is 9.72. The Kier molecular flexibility index (Phi) is 5.77. The number of carbonyl (C=O) groups excluding carboxylic acids is 2. The first-order chi connectivity index (χ1) is 13.7. The molecule has 8 heteroatoms. The average molecular weight is 403 g/mol. The Labute approximate surface area is 168 Å². The van der Waals surface area contributed by atoms with Gasteiger partial charge in [0.05, 0.1) is 18.6 Å². The Hall–Kier alpha value is -2.19. The lowest BCUT2D eigenvalue weighted by Gasteiger charge is -2.34. The van der Waals surface area contributed by atoms with Gasteiger partial charge in [-0.15, -0.1) is 11.3 Å². The molecule has 1 saturated carbocycles. The molecule has 4 rings (SSSR count). The molecule has 0 atom stereocenters. The Morgan fingerprint density at radius 2 is 1.96 bits per heavy atom. The van der Waals surface area contributed by atoms with Gasteiger partial charge in [0, 0.05) is 30.2 Å². The number of hydrogen-bond acceptors (Lipinski definition) is 5. The number of hydrogen-bond donors (Lipinski definition) is 1. The number of nitrogens with zero attached hydrogens (tertiary/aromatic N) is 3. The molecule has 3 heterocycles. The van der Waals surface area contributed by atoms with Gasteiger partial charge in [0.2, 0.25) is 11.8 Å². The summed E-state index contributed by atoms with van der Waals surface area (Å²) < 4.78 is 6.87. The third-order valence-corrected chi connectivity index (χ3v) is 6.75. The van der Waals surface area contributed by atoms with Crippen LogP contribution in [0, 0.1) is 0 Å². The van der Waals surface area contributed by atoms with Gasteiger partial charge in [0.1, 0.15) is 6.54 Å². The van der Waals surface area contributed by atoms with Crippen LogP contribution in [0.25, 0.3) is 0 Å². The van der Waals surface area contributed by atoms with Crippen LogP contribution in [-0.4, -0.2) is 52.8 Å². The molecule has 2 amide bonds. The number of anilines is 1. The van der Waals surface area contributed by atoms with Crippen molar-refractivity contribution >= 4 is 29.0 Å². The molecule has 2 fully saturated rings. The molecule has 7 nitrogen and oxygen atoms in total. The lowest BCUT2D eigenvalue weighted by molar-refractivity contribution is -0.136. The minimum atomic E-state index is -0.459. The van der Waals surface area contributed by atoms with E-state index in [4.69, 9.17) is 4.74 Å². The molecule has 0 bridgehead atoms. The number of aromatic nitrogens is 2. The summed E-state index contributed by atoms with van der Waals surface area (Å²) in [5, 5.41) is 9.44. The molecule has 2 aliphatic rings. The Bertz CT molecular complexity index is 805. The molecular formula is C20H26N4O3S. The highest BCUT2D eigenvalue weighted by Gasteiger charge is 2.42. The maximum absolute atomic E-state index is 13.2. The molecule has 28 heavy (non-hydrogen) atoms. The summed E-state index contributed by atoms with van der Waals surface area (Å²) >= 11 is 1.65. The fourth-order valence-electron chi connectivity index (χ4n) is 4.10. The quantitative estimate of drug-likeness (QED) is 0.834. The number of nitrogens with one attached hydrogen (secondary N) is 1. The van der Waals surface area contributed by atoms with E-state index in [0.29, 0.717) is 32.1 Å². The van der Waals surface area contributed by atoms with Gasteiger partial charge in [-0.25, -0.2) is 0 Å². The highest BCUT2D eigenvalue weighted by atomic mass is 32.1. The number of amides is 2. The van der Waals surface area contributed by atoms with Crippen molar-refractivity contribution in [3.8, 4) is 0 Å². The van der Waals surface area contributed by atoms with Crippen LogP contribution in [0.3, 0.4) is 0 Å². The predicted molar refractivity (Wildman–Crippen MR) is 107 cm³/mol. The molecule has 2 aromatic heterocycles. The largest absolute Gasteiger partial charge is 0.378 e. The minimum absolute atomic E-state index is 0.0133. The van der Waals surface area contributed by atoms with Crippen molar-refractivity contribution in [2.75, 3.05) is 31.6 Å². The van der Waals surface area contributed by atoms with Crippen LogP contribution in [0.15, 0.2) is 29.8 Å². The fraction of sp³-hybridized carbons (Fsp3) is 0.550. The molecule has 1 aliphatic carbocycles. The summed E-state index contributed by atoms with van der Waals surface area (Å²) in [5.41, 5.74) is -0.459. The Morgan fingerprint density at radius 3 is 2.68 bits per heavy atom. The van der Waals surface area contributed by atoms with E-state index in [-0.39, 0.29) is 18.4 Å². The molecule has 0 radical (unpaired) electrons. The minimum Gasteiger partial charge on any atom is -0.378 e. The fourth-order valence-corrected chi connectivity index (χ4v) is 5.08. The first kappa shape index (κ1) is 19.1. The summed E-state index contributed by atoms with van der Waals surface area (Å²) in [4.78, 5) is 28.5. The molecule has 2 aromatic rings. The van der Waals surface area contributed by atoms with Crippen molar-refractivity contribution in [2.24, 2.45) is 0 Å². The molecule has 1 aliphatic heterocycles. The summed E-state index contributed by atoms with van der Waals surface area (Å²) in [6, 6.07) is 5.83. The van der Waals surface area contributed by atoms with E-state index in [1.165, 1.54) is 6.42 Å². The smallest absolute Gasteiger partial charge is 0.244 e. The zero-order valence-corrected chi connectivity index (χ0v) is 16.7. The van der Waals surface area contributed by atoms with Crippen LogP contribution >= 0.6 is 11.3 Å². The SMILES string of the molecule is O=C(Cn1ccc(NC(=O)C2(c3cccs3)CCCCC2)n1)N1CCOCC1. The molecule has 0 spiro atoms. The third kappa shape index (κ3) is 3.98. The van der Waals surface area contributed by atoms with E-state index in [1.54, 1.807) is 33.2 Å². The van der Waals surface area contributed by atoms with Crippen molar-refractivity contribution in [1.82, 2.24) is 14.7 Å². The van der Waals surface area contributed by atoms with Crippen LogP contribution in [-0.2, 0) is 26.3 Å². The zero-order valence-electron chi connectivity index (χ0n) is 15.9. The first-order valence-electron chi connectivity index (χ1n) is 9.92. The second-order valence-electron chi connectivity index (χ2n) is 7.47. The topological polar surface area (TPSA) is 76.5 Å². The molecule has 150 valence electrons. The van der Waals surface area contributed by atoms with E-state index >= 15 is 0 Å². The second-order valence-corrected chi connectivity index (χ2v) is 8.41. The van der Waals surface area contributed by atoms with E-state index in [1.807, 2.05) is 11.4 Å². The lowest BCUT2D eigenvalue weighted by Crippen LogP contribution is -2.42. The van der Waals surface area contributed by atoms with Gasteiger partial charge >= 0.3 is 0 Å². The van der Waals surface area contributed by atoms with Gasteiger partial charge in [-0.05, 0) is 24.3 Å². The third-order valence-electron chi connectivity index (χ3n) is 5.68.